The molecule has 0 spiro atoms. The Morgan fingerprint density at radius 1 is 1.11 bits per heavy atom. The third kappa shape index (κ3) is 5.03. The summed E-state index contributed by atoms with van der Waals surface area (Å²) in [5.74, 6) is -0.353. The molecule has 2 unspecified atom stereocenters. The number of aromatic nitrogens is 3. The molecule has 3 aromatic rings. The standard InChI is InChI=1S/C28H30ClN3O4/c1-35-26-11-8-20(15-24(26)29)12-13-28(21-4-2-3-5-21)16-25(33)23(27(34)36-28)14-19-6-9-22(10-7-19)32-18-30-17-31-32/h6-11,15,17-18,21,23H,2-5,12-14,16H2,1H3. The Hall–Kier alpha value is -3.19. The average Bonchev–Trinajstić information content (AvgIpc) is 3.61. The first-order valence-corrected chi connectivity index (χ1v) is 12.9. The molecule has 1 saturated heterocycles. The van der Waals surface area contributed by atoms with E-state index in [9.17, 15) is 9.59 Å². The second-order valence-electron chi connectivity index (χ2n) is 9.84. The van der Waals surface area contributed by atoms with Crippen molar-refractivity contribution in [1.29, 1.82) is 0 Å². The molecule has 0 bridgehead atoms. The molecule has 1 aliphatic carbocycles. The van der Waals surface area contributed by atoms with Gasteiger partial charge < -0.3 is 9.47 Å². The number of methoxy groups -OCH3 is 1. The van der Waals surface area contributed by atoms with Crippen LogP contribution in [0.15, 0.2) is 55.1 Å². The fraction of sp³-hybridized carbons (Fsp3) is 0.429. The van der Waals surface area contributed by atoms with Crippen LogP contribution in [0.25, 0.3) is 5.69 Å². The van der Waals surface area contributed by atoms with Gasteiger partial charge in [-0.15, -0.1) is 0 Å². The van der Waals surface area contributed by atoms with Crippen molar-refractivity contribution in [2.75, 3.05) is 7.11 Å². The van der Waals surface area contributed by atoms with Crippen LogP contribution in [-0.2, 0) is 27.2 Å². The first-order chi connectivity index (χ1) is 17.5. The highest BCUT2D eigenvalue weighted by molar-refractivity contribution is 6.32. The van der Waals surface area contributed by atoms with E-state index in [1.807, 2.05) is 42.5 Å². The van der Waals surface area contributed by atoms with E-state index in [1.165, 1.54) is 6.33 Å². The molecule has 36 heavy (non-hydrogen) atoms. The molecule has 1 saturated carbocycles. The van der Waals surface area contributed by atoms with Crippen LogP contribution in [-0.4, -0.2) is 39.2 Å². The number of benzene rings is 2. The van der Waals surface area contributed by atoms with Gasteiger partial charge in [-0.25, -0.2) is 9.67 Å². The third-order valence-electron chi connectivity index (χ3n) is 7.66. The Kier molecular flexibility index (Phi) is 7.10. The van der Waals surface area contributed by atoms with Crippen LogP contribution >= 0.6 is 11.6 Å². The molecule has 2 aliphatic rings. The minimum absolute atomic E-state index is 0.0220. The number of Topliss-reactive ketones (excluding diaryl/α,β-unsaturated/α-hetero) is 1. The van der Waals surface area contributed by atoms with E-state index in [1.54, 1.807) is 18.1 Å². The van der Waals surface area contributed by atoms with E-state index in [-0.39, 0.29) is 18.1 Å². The summed E-state index contributed by atoms with van der Waals surface area (Å²) in [7, 11) is 1.59. The van der Waals surface area contributed by atoms with Crippen LogP contribution in [0.2, 0.25) is 5.02 Å². The zero-order valence-electron chi connectivity index (χ0n) is 20.4. The van der Waals surface area contributed by atoms with Crippen molar-refractivity contribution in [3.8, 4) is 11.4 Å². The molecule has 0 amide bonds. The van der Waals surface area contributed by atoms with Gasteiger partial charge in [0.05, 0.1) is 17.8 Å². The number of carbonyl (C=O) groups is 2. The fourth-order valence-electron chi connectivity index (χ4n) is 5.66. The number of ketones is 1. The van der Waals surface area contributed by atoms with Crippen molar-refractivity contribution in [3.63, 3.8) is 0 Å². The van der Waals surface area contributed by atoms with E-state index in [0.29, 0.717) is 30.0 Å². The van der Waals surface area contributed by atoms with Crippen LogP contribution in [0.3, 0.4) is 0 Å². The lowest BCUT2D eigenvalue weighted by Crippen LogP contribution is -2.52. The number of esters is 1. The Bertz CT molecular complexity index is 1200. The Morgan fingerprint density at radius 3 is 2.50 bits per heavy atom. The maximum Gasteiger partial charge on any atom is 0.317 e. The average molecular weight is 508 g/mol. The lowest BCUT2D eigenvalue weighted by atomic mass is 9.73. The summed E-state index contributed by atoms with van der Waals surface area (Å²) in [4.78, 5) is 30.7. The van der Waals surface area contributed by atoms with Gasteiger partial charge in [-0.2, -0.15) is 5.10 Å². The molecule has 1 aromatic heterocycles. The maximum absolute atomic E-state index is 13.4. The zero-order chi connectivity index (χ0) is 25.1. The summed E-state index contributed by atoms with van der Waals surface area (Å²) in [5, 5.41) is 4.68. The van der Waals surface area contributed by atoms with E-state index < -0.39 is 17.5 Å². The number of nitrogens with zero attached hydrogens (tertiary/aromatic N) is 3. The van der Waals surface area contributed by atoms with Crippen molar-refractivity contribution in [2.24, 2.45) is 11.8 Å². The normalized spacial score (nSPS) is 22.6. The Morgan fingerprint density at radius 2 is 1.86 bits per heavy atom. The van der Waals surface area contributed by atoms with Crippen molar-refractivity contribution in [2.45, 2.75) is 57.0 Å². The lowest BCUT2D eigenvalue weighted by molar-refractivity contribution is -0.185. The Labute approximate surface area is 215 Å². The fourth-order valence-corrected chi connectivity index (χ4v) is 5.94. The molecule has 0 radical (unpaired) electrons. The van der Waals surface area contributed by atoms with Gasteiger partial charge in [0.1, 0.15) is 29.9 Å². The number of ether oxygens (including phenoxy) is 2. The monoisotopic (exact) mass is 507 g/mol. The molecule has 2 aromatic carbocycles. The van der Waals surface area contributed by atoms with Gasteiger partial charge >= 0.3 is 5.97 Å². The summed E-state index contributed by atoms with van der Waals surface area (Å²) in [6.45, 7) is 0. The molecule has 2 atom stereocenters. The summed E-state index contributed by atoms with van der Waals surface area (Å²) < 4.78 is 13.2. The van der Waals surface area contributed by atoms with E-state index in [0.717, 1.165) is 42.5 Å². The van der Waals surface area contributed by atoms with Gasteiger partial charge in [-0.05, 0) is 73.4 Å². The molecule has 7 nitrogen and oxygen atoms in total. The van der Waals surface area contributed by atoms with Gasteiger partial charge in [0.2, 0.25) is 0 Å². The van der Waals surface area contributed by atoms with Crippen LogP contribution in [0.1, 0.15) is 49.7 Å². The van der Waals surface area contributed by atoms with Crippen molar-refractivity contribution < 1.29 is 19.1 Å². The number of hydrogen-bond donors (Lipinski definition) is 0. The smallest absolute Gasteiger partial charge is 0.317 e. The summed E-state index contributed by atoms with van der Waals surface area (Å²) >= 11 is 6.32. The van der Waals surface area contributed by atoms with E-state index in [2.05, 4.69) is 10.1 Å². The maximum atomic E-state index is 13.4. The van der Waals surface area contributed by atoms with Crippen LogP contribution in [0, 0.1) is 11.8 Å². The molecule has 0 N–H and O–H groups in total. The summed E-state index contributed by atoms with van der Waals surface area (Å²) in [6.07, 6.45) is 9.17. The van der Waals surface area contributed by atoms with E-state index in [4.69, 9.17) is 21.1 Å². The number of carbonyl (C=O) groups excluding carboxylic acids is 2. The zero-order valence-corrected chi connectivity index (χ0v) is 21.1. The van der Waals surface area contributed by atoms with Gasteiger partial charge in [-0.3, -0.25) is 9.59 Å². The predicted octanol–water partition coefficient (Wildman–Crippen LogP) is 5.17. The first-order valence-electron chi connectivity index (χ1n) is 12.5. The second kappa shape index (κ2) is 10.4. The Balaban J connectivity index is 1.30. The second-order valence-corrected chi connectivity index (χ2v) is 10.2. The topological polar surface area (TPSA) is 83.3 Å². The van der Waals surface area contributed by atoms with Crippen molar-refractivity contribution in [3.05, 3.63) is 71.3 Å². The number of rotatable bonds is 8. The molecular formula is C28H30ClN3O4. The van der Waals surface area contributed by atoms with Crippen LogP contribution in [0.5, 0.6) is 5.75 Å². The van der Waals surface area contributed by atoms with Crippen LogP contribution in [0.4, 0.5) is 0 Å². The molecule has 188 valence electrons. The van der Waals surface area contributed by atoms with Gasteiger partial charge in [0.15, 0.2) is 5.78 Å². The molecule has 1 aliphatic heterocycles. The summed E-state index contributed by atoms with van der Waals surface area (Å²) in [5.41, 5.74) is 2.07. The molecule has 2 fully saturated rings. The van der Waals surface area contributed by atoms with E-state index >= 15 is 0 Å². The number of halogens is 1. The predicted molar refractivity (Wildman–Crippen MR) is 135 cm³/mol. The highest BCUT2D eigenvalue weighted by Crippen LogP contribution is 2.45. The van der Waals surface area contributed by atoms with Crippen molar-refractivity contribution >= 4 is 23.4 Å². The molecule has 2 heterocycles. The number of aryl methyl sites for hydroxylation is 1. The minimum Gasteiger partial charge on any atom is -0.495 e. The first kappa shape index (κ1) is 24.5. The molecular weight excluding hydrogens is 478 g/mol. The third-order valence-corrected chi connectivity index (χ3v) is 7.96. The highest BCUT2D eigenvalue weighted by atomic mass is 35.5. The van der Waals surface area contributed by atoms with Gasteiger partial charge in [0.25, 0.3) is 0 Å². The summed E-state index contributed by atoms with van der Waals surface area (Å²) in [6, 6.07) is 13.4. The quantitative estimate of drug-likeness (QED) is 0.309. The van der Waals surface area contributed by atoms with Crippen LogP contribution < -0.4 is 4.74 Å². The number of hydrogen-bond acceptors (Lipinski definition) is 6. The highest BCUT2D eigenvalue weighted by Gasteiger charge is 2.51. The van der Waals surface area contributed by atoms with Gasteiger partial charge in [0, 0.05) is 6.42 Å². The lowest BCUT2D eigenvalue weighted by Gasteiger charge is -2.43. The number of cyclic esters (lactones) is 1. The van der Waals surface area contributed by atoms with Gasteiger partial charge in [-0.1, -0.05) is 42.6 Å². The van der Waals surface area contributed by atoms with Crippen molar-refractivity contribution in [1.82, 2.24) is 14.8 Å². The molecule has 5 rings (SSSR count). The minimum atomic E-state index is -0.771. The SMILES string of the molecule is COc1ccc(CCC2(C3CCCC3)CC(=O)C(Cc3ccc(-n4cncn4)cc3)C(=O)O2)cc1Cl. The largest absolute Gasteiger partial charge is 0.495 e. The molecule has 8 heteroatoms.